The van der Waals surface area contributed by atoms with Crippen molar-refractivity contribution in [1.82, 2.24) is 34.4 Å². The monoisotopic (exact) mass is 349 g/mol. The molecule has 0 amide bonds. The van der Waals surface area contributed by atoms with Gasteiger partial charge in [-0.15, -0.1) is 0 Å². The molecule has 1 aliphatic rings. The van der Waals surface area contributed by atoms with Gasteiger partial charge in [-0.25, -0.2) is 15.0 Å². The van der Waals surface area contributed by atoms with Crippen molar-refractivity contribution in [3.8, 4) is 0 Å². The van der Waals surface area contributed by atoms with Gasteiger partial charge in [0.1, 0.15) is 11.2 Å². The number of nitrogens with zero attached hydrogens (tertiary/aromatic N) is 5. The van der Waals surface area contributed by atoms with E-state index in [1.807, 2.05) is 38.3 Å². The highest BCUT2D eigenvalue weighted by Crippen LogP contribution is 2.33. The normalized spacial score (nSPS) is 21.0. The molecular formula is C19H23N7. The maximum atomic E-state index is 4.58. The van der Waals surface area contributed by atoms with Crippen LogP contribution >= 0.6 is 0 Å². The van der Waals surface area contributed by atoms with Crippen LogP contribution in [0, 0.1) is 0 Å². The Labute approximate surface area is 151 Å². The Morgan fingerprint density at radius 3 is 2.85 bits per heavy atom. The molecule has 26 heavy (non-hydrogen) atoms. The van der Waals surface area contributed by atoms with Crippen LogP contribution in [0.25, 0.3) is 22.1 Å². The van der Waals surface area contributed by atoms with E-state index in [1.165, 1.54) is 36.9 Å². The molecule has 0 saturated heterocycles. The van der Waals surface area contributed by atoms with E-state index in [4.69, 9.17) is 0 Å². The van der Waals surface area contributed by atoms with Crippen LogP contribution in [0.1, 0.15) is 37.4 Å². The fraction of sp³-hybridized carbons (Fsp3) is 0.421. The minimum atomic E-state index is 0.509. The molecule has 1 fully saturated rings. The molecule has 1 saturated carbocycles. The van der Waals surface area contributed by atoms with Crippen molar-refractivity contribution in [3.63, 3.8) is 0 Å². The van der Waals surface area contributed by atoms with Crippen molar-refractivity contribution >= 4 is 22.1 Å². The maximum absolute atomic E-state index is 4.58. The van der Waals surface area contributed by atoms with E-state index >= 15 is 0 Å². The van der Waals surface area contributed by atoms with Gasteiger partial charge in [-0.2, -0.15) is 0 Å². The van der Waals surface area contributed by atoms with Crippen LogP contribution in [0.4, 0.5) is 0 Å². The lowest BCUT2D eigenvalue weighted by molar-refractivity contribution is 0.293. The highest BCUT2D eigenvalue weighted by molar-refractivity contribution is 6.00. The molecule has 0 bridgehead atoms. The first-order chi connectivity index (χ1) is 12.8. The molecule has 4 aromatic heterocycles. The Balaban J connectivity index is 1.30. The number of imidazole rings is 2. The number of aryl methyl sites for hydroxylation is 1. The number of pyridine rings is 1. The number of hydrogen-bond acceptors (Lipinski definition) is 4. The summed E-state index contributed by atoms with van der Waals surface area (Å²) in [5, 5.41) is 4.86. The number of aromatic amines is 1. The molecule has 0 unspecified atom stereocenters. The summed E-state index contributed by atoms with van der Waals surface area (Å²) in [5.41, 5.74) is 4.36. The first-order valence-electron chi connectivity index (χ1n) is 9.27. The molecule has 1 aliphatic carbocycles. The second kappa shape index (κ2) is 6.25. The fourth-order valence-electron chi connectivity index (χ4n) is 4.17. The van der Waals surface area contributed by atoms with Crippen LogP contribution in [-0.2, 0) is 13.6 Å². The van der Waals surface area contributed by atoms with E-state index in [2.05, 4.69) is 40.5 Å². The molecule has 5 rings (SSSR count). The Kier molecular flexibility index (Phi) is 3.74. The third-order valence-electron chi connectivity index (χ3n) is 5.70. The smallest absolute Gasteiger partial charge is 0.139 e. The van der Waals surface area contributed by atoms with Gasteiger partial charge in [0, 0.05) is 43.5 Å². The Morgan fingerprint density at radius 2 is 2.04 bits per heavy atom. The van der Waals surface area contributed by atoms with Crippen molar-refractivity contribution in [2.75, 3.05) is 0 Å². The highest BCUT2D eigenvalue weighted by Gasteiger charge is 2.24. The summed E-state index contributed by atoms with van der Waals surface area (Å²) >= 11 is 0. The first kappa shape index (κ1) is 15.6. The van der Waals surface area contributed by atoms with Gasteiger partial charge in [0.25, 0.3) is 0 Å². The van der Waals surface area contributed by atoms with Crippen molar-refractivity contribution in [3.05, 3.63) is 43.0 Å². The van der Waals surface area contributed by atoms with Gasteiger partial charge in [-0.1, -0.05) is 0 Å². The molecule has 0 spiro atoms. The van der Waals surface area contributed by atoms with Gasteiger partial charge < -0.3 is 19.4 Å². The average molecular weight is 349 g/mol. The van der Waals surface area contributed by atoms with Gasteiger partial charge in [0.05, 0.1) is 30.1 Å². The van der Waals surface area contributed by atoms with E-state index < -0.39 is 0 Å². The van der Waals surface area contributed by atoms with E-state index in [0.717, 1.165) is 23.1 Å². The maximum Gasteiger partial charge on any atom is 0.139 e. The zero-order valence-electron chi connectivity index (χ0n) is 14.9. The Morgan fingerprint density at radius 1 is 1.15 bits per heavy atom. The Hall–Kier alpha value is -2.67. The molecule has 134 valence electrons. The molecule has 7 heteroatoms. The molecule has 0 atom stereocenters. The van der Waals surface area contributed by atoms with Crippen molar-refractivity contribution in [2.24, 2.45) is 7.05 Å². The summed E-state index contributed by atoms with van der Waals surface area (Å²) in [7, 11) is 2.04. The molecule has 4 heterocycles. The lowest BCUT2D eigenvalue weighted by atomic mass is 9.91. The highest BCUT2D eigenvalue weighted by atomic mass is 15.1. The van der Waals surface area contributed by atoms with Crippen molar-refractivity contribution in [1.29, 1.82) is 0 Å². The van der Waals surface area contributed by atoms with Crippen LogP contribution in [0.15, 0.2) is 37.3 Å². The predicted octanol–water partition coefficient (Wildman–Crippen LogP) is 2.92. The SMILES string of the molecule is Cn1cncc1CNC1CCC(n2cnc3cnc4[nH]ccc4c32)CC1. The van der Waals surface area contributed by atoms with Crippen LogP contribution in [0.2, 0.25) is 0 Å². The molecule has 0 aliphatic heterocycles. The van der Waals surface area contributed by atoms with Crippen molar-refractivity contribution in [2.45, 2.75) is 44.3 Å². The number of rotatable bonds is 4. The summed E-state index contributed by atoms with van der Waals surface area (Å²) in [5.74, 6) is 0. The number of nitrogens with one attached hydrogen (secondary N) is 2. The first-order valence-corrected chi connectivity index (χ1v) is 9.27. The minimum Gasteiger partial charge on any atom is -0.346 e. The standard InChI is InChI=1S/C19H23N7/c1-25-11-20-8-15(25)9-22-13-2-4-14(5-3-13)26-12-24-17-10-23-19-16(18(17)26)6-7-21-19/h6-8,10-14,22H,2-5,9H2,1H3,(H,21,23). The lowest BCUT2D eigenvalue weighted by Gasteiger charge is -2.30. The Bertz CT molecular complexity index is 1030. The van der Waals surface area contributed by atoms with Gasteiger partial charge >= 0.3 is 0 Å². The molecule has 0 radical (unpaired) electrons. The number of H-pyrrole nitrogens is 1. The van der Waals surface area contributed by atoms with Gasteiger partial charge in [-0.3, -0.25) is 0 Å². The van der Waals surface area contributed by atoms with Crippen LogP contribution in [0.5, 0.6) is 0 Å². The average Bonchev–Trinajstić information content (AvgIpc) is 3.39. The second-order valence-corrected chi connectivity index (χ2v) is 7.27. The summed E-state index contributed by atoms with van der Waals surface area (Å²) in [6.07, 6.45) is 14.3. The zero-order chi connectivity index (χ0) is 17.5. The van der Waals surface area contributed by atoms with Crippen LogP contribution in [-0.4, -0.2) is 35.1 Å². The predicted molar refractivity (Wildman–Crippen MR) is 101 cm³/mol. The molecule has 4 aromatic rings. The van der Waals surface area contributed by atoms with Crippen LogP contribution < -0.4 is 5.32 Å². The summed E-state index contributed by atoms with van der Waals surface area (Å²) in [4.78, 5) is 16.4. The van der Waals surface area contributed by atoms with Gasteiger partial charge in [-0.05, 0) is 31.7 Å². The zero-order valence-corrected chi connectivity index (χ0v) is 14.9. The topological polar surface area (TPSA) is 76.3 Å². The quantitative estimate of drug-likeness (QED) is 0.594. The fourth-order valence-corrected chi connectivity index (χ4v) is 4.17. The van der Waals surface area contributed by atoms with Crippen molar-refractivity contribution < 1.29 is 0 Å². The third kappa shape index (κ3) is 2.59. The van der Waals surface area contributed by atoms with E-state index in [-0.39, 0.29) is 0 Å². The number of fused-ring (bicyclic) bond motifs is 3. The largest absolute Gasteiger partial charge is 0.346 e. The number of aromatic nitrogens is 6. The van der Waals surface area contributed by atoms with Crippen LogP contribution in [0.3, 0.4) is 0 Å². The van der Waals surface area contributed by atoms with Gasteiger partial charge in [0.15, 0.2) is 0 Å². The summed E-state index contributed by atoms with van der Waals surface area (Å²) in [6, 6.07) is 3.18. The van der Waals surface area contributed by atoms with Gasteiger partial charge in [0.2, 0.25) is 0 Å². The second-order valence-electron chi connectivity index (χ2n) is 7.27. The van der Waals surface area contributed by atoms with E-state index in [0.29, 0.717) is 12.1 Å². The summed E-state index contributed by atoms with van der Waals surface area (Å²) in [6.45, 7) is 0.884. The van der Waals surface area contributed by atoms with E-state index in [9.17, 15) is 0 Å². The summed E-state index contributed by atoms with van der Waals surface area (Å²) < 4.78 is 4.44. The minimum absolute atomic E-state index is 0.509. The molecule has 0 aromatic carbocycles. The molecular weight excluding hydrogens is 326 g/mol. The lowest BCUT2D eigenvalue weighted by Crippen LogP contribution is -2.33. The van der Waals surface area contributed by atoms with E-state index in [1.54, 1.807) is 0 Å². The third-order valence-corrected chi connectivity index (χ3v) is 5.70. The number of hydrogen-bond donors (Lipinski definition) is 2. The molecule has 2 N–H and O–H groups in total. The molecule has 7 nitrogen and oxygen atoms in total.